The number of rotatable bonds is 2. The summed E-state index contributed by atoms with van der Waals surface area (Å²) in [4.78, 5) is 18.2. The molecular formula is C14H13F3N2O2. The zero-order valence-corrected chi connectivity index (χ0v) is 11.3. The van der Waals surface area contributed by atoms with E-state index in [1.165, 1.54) is 12.1 Å². The fourth-order valence-corrected chi connectivity index (χ4v) is 1.94. The Morgan fingerprint density at radius 1 is 1.19 bits per heavy atom. The molecule has 0 unspecified atom stereocenters. The predicted molar refractivity (Wildman–Crippen MR) is 71.0 cm³/mol. The number of hydrogen-bond donors (Lipinski definition) is 2. The maximum atomic E-state index is 12.5. The minimum Gasteiger partial charge on any atom is -0.493 e. The van der Waals surface area contributed by atoms with E-state index in [0.717, 1.165) is 12.1 Å². The molecule has 1 aromatic heterocycles. The van der Waals surface area contributed by atoms with E-state index >= 15 is 0 Å². The van der Waals surface area contributed by atoms with Gasteiger partial charge >= 0.3 is 6.18 Å². The van der Waals surface area contributed by atoms with Crippen LogP contribution in [0.15, 0.2) is 29.1 Å². The Morgan fingerprint density at radius 3 is 2.19 bits per heavy atom. The zero-order valence-electron chi connectivity index (χ0n) is 11.3. The average molecular weight is 298 g/mol. The van der Waals surface area contributed by atoms with Crippen LogP contribution in [0.4, 0.5) is 13.2 Å². The topological polar surface area (TPSA) is 66.0 Å². The van der Waals surface area contributed by atoms with Crippen molar-refractivity contribution < 1.29 is 18.3 Å². The predicted octanol–water partition coefficient (Wildman–Crippen LogP) is 3.28. The largest absolute Gasteiger partial charge is 0.493 e. The second-order valence-electron chi connectivity index (χ2n) is 4.88. The van der Waals surface area contributed by atoms with Gasteiger partial charge in [0, 0.05) is 5.56 Å². The van der Waals surface area contributed by atoms with Crippen LogP contribution < -0.4 is 5.56 Å². The van der Waals surface area contributed by atoms with E-state index in [9.17, 15) is 23.1 Å². The van der Waals surface area contributed by atoms with Crippen LogP contribution in [-0.4, -0.2) is 15.1 Å². The fourth-order valence-electron chi connectivity index (χ4n) is 1.94. The standard InChI is InChI=1S/C14H13F3N2O2/c1-7(2)10-12(20)18-11(19-13(10)21)8-3-5-9(6-4-8)14(15,16)17/h3-7H,1-2H3,(H2,18,19,20,21). The summed E-state index contributed by atoms with van der Waals surface area (Å²) in [6.07, 6.45) is -4.43. The van der Waals surface area contributed by atoms with Crippen LogP contribution in [0.5, 0.6) is 5.88 Å². The molecule has 0 radical (unpaired) electrons. The van der Waals surface area contributed by atoms with Crippen LogP contribution in [-0.2, 0) is 6.18 Å². The van der Waals surface area contributed by atoms with E-state index in [2.05, 4.69) is 9.97 Å². The van der Waals surface area contributed by atoms with Crippen LogP contribution in [0.1, 0.15) is 30.9 Å². The molecule has 7 heteroatoms. The van der Waals surface area contributed by atoms with Crippen LogP contribution in [0.3, 0.4) is 0 Å². The Balaban J connectivity index is 2.46. The minimum atomic E-state index is -4.43. The molecule has 2 rings (SSSR count). The highest BCUT2D eigenvalue weighted by molar-refractivity contribution is 5.56. The quantitative estimate of drug-likeness (QED) is 0.894. The maximum Gasteiger partial charge on any atom is 0.416 e. The van der Waals surface area contributed by atoms with E-state index in [-0.39, 0.29) is 22.9 Å². The van der Waals surface area contributed by atoms with Crippen molar-refractivity contribution in [3.05, 3.63) is 45.7 Å². The summed E-state index contributed by atoms with van der Waals surface area (Å²) in [5, 5.41) is 9.78. The van der Waals surface area contributed by atoms with Gasteiger partial charge in [0.1, 0.15) is 5.82 Å². The van der Waals surface area contributed by atoms with Crippen molar-refractivity contribution in [3.8, 4) is 17.3 Å². The molecule has 0 bridgehead atoms. The van der Waals surface area contributed by atoms with Crippen molar-refractivity contribution in [2.45, 2.75) is 25.9 Å². The van der Waals surface area contributed by atoms with Gasteiger partial charge in [0.05, 0.1) is 11.1 Å². The Bertz CT molecular complexity index is 704. The summed E-state index contributed by atoms with van der Waals surface area (Å²) >= 11 is 0. The molecule has 21 heavy (non-hydrogen) atoms. The van der Waals surface area contributed by atoms with E-state index in [1.54, 1.807) is 13.8 Å². The molecule has 0 fully saturated rings. The molecule has 0 spiro atoms. The summed E-state index contributed by atoms with van der Waals surface area (Å²) < 4.78 is 37.4. The monoisotopic (exact) mass is 298 g/mol. The summed E-state index contributed by atoms with van der Waals surface area (Å²) in [6.45, 7) is 3.45. The molecule has 0 amide bonds. The lowest BCUT2D eigenvalue weighted by molar-refractivity contribution is -0.137. The van der Waals surface area contributed by atoms with Gasteiger partial charge in [0.25, 0.3) is 5.56 Å². The first-order valence-electron chi connectivity index (χ1n) is 6.21. The van der Waals surface area contributed by atoms with Gasteiger partial charge in [0.2, 0.25) is 5.88 Å². The number of halogens is 3. The Labute approximate surface area is 118 Å². The van der Waals surface area contributed by atoms with Crippen LogP contribution in [0.2, 0.25) is 0 Å². The van der Waals surface area contributed by atoms with E-state index < -0.39 is 23.2 Å². The van der Waals surface area contributed by atoms with Gasteiger partial charge in [-0.05, 0) is 18.1 Å². The third-order valence-electron chi connectivity index (χ3n) is 3.00. The highest BCUT2D eigenvalue weighted by atomic mass is 19.4. The van der Waals surface area contributed by atoms with E-state index in [0.29, 0.717) is 0 Å². The first-order chi connectivity index (χ1) is 9.70. The fraction of sp³-hybridized carbons (Fsp3) is 0.286. The Kier molecular flexibility index (Phi) is 3.76. The van der Waals surface area contributed by atoms with Crippen molar-refractivity contribution in [2.24, 2.45) is 0 Å². The van der Waals surface area contributed by atoms with Crippen LogP contribution in [0, 0.1) is 0 Å². The second kappa shape index (κ2) is 5.23. The van der Waals surface area contributed by atoms with E-state index in [1.807, 2.05) is 0 Å². The maximum absolute atomic E-state index is 12.5. The lowest BCUT2D eigenvalue weighted by Crippen LogP contribution is -2.16. The second-order valence-corrected chi connectivity index (χ2v) is 4.88. The number of hydrogen-bond acceptors (Lipinski definition) is 3. The molecule has 2 aromatic rings. The molecule has 0 aliphatic rings. The Morgan fingerprint density at radius 2 is 1.76 bits per heavy atom. The van der Waals surface area contributed by atoms with Gasteiger partial charge in [-0.25, -0.2) is 0 Å². The zero-order chi connectivity index (χ0) is 15.8. The van der Waals surface area contributed by atoms with Crippen molar-refractivity contribution in [1.29, 1.82) is 0 Å². The van der Waals surface area contributed by atoms with Gasteiger partial charge in [-0.15, -0.1) is 0 Å². The summed E-state index contributed by atoms with van der Waals surface area (Å²) in [5.41, 5.74) is -0.875. The number of alkyl halides is 3. The third-order valence-corrected chi connectivity index (χ3v) is 3.00. The normalized spacial score (nSPS) is 11.9. The number of aromatic amines is 1. The van der Waals surface area contributed by atoms with Crippen molar-refractivity contribution >= 4 is 0 Å². The number of aromatic hydroxyl groups is 1. The smallest absolute Gasteiger partial charge is 0.416 e. The highest BCUT2D eigenvalue weighted by Gasteiger charge is 2.30. The molecule has 0 atom stereocenters. The van der Waals surface area contributed by atoms with Crippen molar-refractivity contribution in [2.75, 3.05) is 0 Å². The number of benzene rings is 1. The van der Waals surface area contributed by atoms with Gasteiger partial charge in [-0.1, -0.05) is 26.0 Å². The molecule has 2 N–H and O–H groups in total. The first kappa shape index (κ1) is 15.1. The van der Waals surface area contributed by atoms with Gasteiger partial charge in [0.15, 0.2) is 0 Å². The summed E-state index contributed by atoms with van der Waals surface area (Å²) in [6, 6.07) is 4.16. The third kappa shape index (κ3) is 3.07. The molecule has 1 heterocycles. The number of H-pyrrole nitrogens is 1. The summed E-state index contributed by atoms with van der Waals surface area (Å²) in [7, 11) is 0. The molecule has 0 saturated carbocycles. The first-order valence-corrected chi connectivity index (χ1v) is 6.21. The van der Waals surface area contributed by atoms with Crippen LogP contribution >= 0.6 is 0 Å². The molecule has 1 aromatic carbocycles. The number of nitrogens with one attached hydrogen (secondary N) is 1. The lowest BCUT2D eigenvalue weighted by atomic mass is 10.1. The van der Waals surface area contributed by atoms with Gasteiger partial charge in [-0.2, -0.15) is 18.2 Å². The molecule has 112 valence electrons. The average Bonchev–Trinajstić information content (AvgIpc) is 2.36. The molecule has 0 aliphatic carbocycles. The SMILES string of the molecule is CC(C)c1c(O)nc(-c2ccc(C(F)(F)F)cc2)[nH]c1=O. The number of aromatic nitrogens is 2. The lowest BCUT2D eigenvalue weighted by Gasteiger charge is -2.10. The van der Waals surface area contributed by atoms with Gasteiger partial charge in [-0.3, -0.25) is 4.79 Å². The minimum absolute atomic E-state index is 0.0237. The Hall–Kier alpha value is -2.31. The molecular weight excluding hydrogens is 285 g/mol. The van der Waals surface area contributed by atoms with Crippen molar-refractivity contribution in [3.63, 3.8) is 0 Å². The van der Waals surface area contributed by atoms with E-state index in [4.69, 9.17) is 0 Å². The highest BCUT2D eigenvalue weighted by Crippen LogP contribution is 2.30. The van der Waals surface area contributed by atoms with Crippen molar-refractivity contribution in [1.82, 2.24) is 9.97 Å². The van der Waals surface area contributed by atoms with Gasteiger partial charge < -0.3 is 10.1 Å². The van der Waals surface area contributed by atoms with Crippen LogP contribution in [0.25, 0.3) is 11.4 Å². The molecule has 0 aliphatic heterocycles. The molecule has 0 saturated heterocycles. The summed E-state index contributed by atoms with van der Waals surface area (Å²) in [5.74, 6) is -0.609. The molecule has 4 nitrogen and oxygen atoms in total. The number of nitrogens with zero attached hydrogens (tertiary/aromatic N) is 1.